The number of carboxylic acids is 1. The molecule has 4 aromatic carbocycles. The quantitative estimate of drug-likeness (QED) is 0.0912. The zero-order valence-electron chi connectivity index (χ0n) is 40.9. The van der Waals surface area contributed by atoms with Gasteiger partial charge in [-0.2, -0.15) is 0 Å². The molecule has 6 aliphatic rings. The van der Waals surface area contributed by atoms with Crippen LogP contribution >= 0.6 is 0 Å². The summed E-state index contributed by atoms with van der Waals surface area (Å²) in [4.78, 5) is 101. The van der Waals surface area contributed by atoms with E-state index in [4.69, 9.17) is 19.7 Å². The molecule has 4 aliphatic heterocycles. The van der Waals surface area contributed by atoms with Crippen LogP contribution in [0.3, 0.4) is 0 Å². The maximum Gasteiger partial charge on any atom is 0.418 e. The van der Waals surface area contributed by atoms with Gasteiger partial charge in [-0.05, 0) is 109 Å². The first kappa shape index (κ1) is 58.2. The second kappa shape index (κ2) is 24.3. The zero-order valence-corrected chi connectivity index (χ0v) is 40.9. The molecule has 4 saturated heterocycles. The van der Waals surface area contributed by atoms with Gasteiger partial charge in [0, 0.05) is 61.5 Å². The van der Waals surface area contributed by atoms with Gasteiger partial charge in [-0.1, -0.05) is 51.3 Å². The molecule has 9 amide bonds. The number of halogens is 2. The van der Waals surface area contributed by atoms with Gasteiger partial charge in [0.15, 0.2) is 0 Å². The Hall–Kier alpha value is -8.02. The number of amides is 9. The van der Waals surface area contributed by atoms with E-state index in [-0.39, 0.29) is 70.9 Å². The number of aliphatic carboxylic acids is 1. The number of carbonyl (C=O) groups is 8. The smallest absolute Gasteiger partial charge is 0.418 e. The van der Waals surface area contributed by atoms with Gasteiger partial charge in [-0.3, -0.25) is 19.2 Å². The van der Waals surface area contributed by atoms with Crippen LogP contribution in [0.15, 0.2) is 84.9 Å². The number of likely N-dealkylation sites (tertiary alicyclic amines) is 1. The van der Waals surface area contributed by atoms with E-state index in [9.17, 15) is 52.2 Å². The van der Waals surface area contributed by atoms with E-state index >= 15 is 0 Å². The number of rotatable bonds is 10. The van der Waals surface area contributed by atoms with E-state index in [0.717, 1.165) is 34.4 Å². The molecule has 6 atom stereocenters. The summed E-state index contributed by atoms with van der Waals surface area (Å²) in [5.41, 5.74) is 2.49. The minimum Gasteiger partial charge on any atom is -0.480 e. The summed E-state index contributed by atoms with van der Waals surface area (Å²) in [6, 6.07) is 21.1. The van der Waals surface area contributed by atoms with E-state index < -0.39 is 78.1 Å². The minimum atomic E-state index is -1.52. The highest BCUT2D eigenvalue weighted by Gasteiger charge is 2.60. The number of urea groups is 2. The van der Waals surface area contributed by atoms with E-state index in [1.54, 1.807) is 60.7 Å². The van der Waals surface area contributed by atoms with Gasteiger partial charge >= 0.3 is 30.2 Å². The van der Waals surface area contributed by atoms with Gasteiger partial charge in [-0.25, -0.2) is 37.8 Å². The Bertz CT molecular complexity index is 2890. The van der Waals surface area contributed by atoms with Crippen molar-refractivity contribution < 1.29 is 71.9 Å². The predicted octanol–water partition coefficient (Wildman–Crippen LogP) is 5.95. The lowest BCUT2D eigenvalue weighted by atomic mass is 9.94. The van der Waals surface area contributed by atoms with Crippen LogP contribution < -0.4 is 26.6 Å². The Kier molecular flexibility index (Phi) is 18.4. The van der Waals surface area contributed by atoms with Crippen LogP contribution in [0.1, 0.15) is 98.8 Å². The van der Waals surface area contributed by atoms with Crippen molar-refractivity contribution in [3.8, 4) is 0 Å². The molecule has 4 fully saturated rings. The van der Waals surface area contributed by atoms with Crippen molar-refractivity contribution in [3.63, 3.8) is 0 Å². The monoisotopic (exact) mass is 1070 g/mol. The average Bonchev–Trinajstić information content (AvgIpc) is 4.28. The SMILES string of the molecule is C.C.CNC(=O)Nc1ccc2c(c1)CC[C@@]21OC(=O)N(CC(=O)N2C(c3ccc(F)cc3)CC[C@H]2CO)C1=O.CNC(=O)Nc1ccc2c(c1)CC[C@@]21OC(=O)N(CC(=O)O)C1=O.OC[C@@H]1CCC(c2ccc(F)cc2)N1. The molecule has 0 aromatic heterocycles. The summed E-state index contributed by atoms with van der Waals surface area (Å²) in [5.74, 6) is -3.68. The summed E-state index contributed by atoms with van der Waals surface area (Å²) < 4.78 is 37.0. The Morgan fingerprint density at radius 3 is 1.57 bits per heavy atom. The highest BCUT2D eigenvalue weighted by atomic mass is 19.1. The van der Waals surface area contributed by atoms with Crippen molar-refractivity contribution in [1.29, 1.82) is 0 Å². The average molecular weight is 1070 g/mol. The molecule has 412 valence electrons. The molecule has 8 N–H and O–H groups in total. The van der Waals surface area contributed by atoms with E-state index in [1.165, 1.54) is 43.3 Å². The van der Waals surface area contributed by atoms with Crippen molar-refractivity contribution in [1.82, 2.24) is 30.7 Å². The van der Waals surface area contributed by atoms with Crippen molar-refractivity contribution in [2.24, 2.45) is 0 Å². The number of hydrogen-bond acceptors (Lipinski definition) is 13. The fourth-order valence-corrected chi connectivity index (χ4v) is 10.6. The first-order valence-corrected chi connectivity index (χ1v) is 24.3. The van der Waals surface area contributed by atoms with Crippen LogP contribution in [0.4, 0.5) is 39.3 Å². The number of nitrogens with one attached hydrogen (secondary N) is 5. The lowest BCUT2D eigenvalue weighted by Gasteiger charge is -2.31. The van der Waals surface area contributed by atoms with Crippen LogP contribution in [-0.2, 0) is 52.7 Å². The number of benzene rings is 4. The second-order valence-electron chi connectivity index (χ2n) is 18.7. The van der Waals surface area contributed by atoms with Gasteiger partial charge in [0.2, 0.25) is 17.1 Å². The number of hydrogen-bond donors (Lipinski definition) is 8. The van der Waals surface area contributed by atoms with Crippen molar-refractivity contribution in [3.05, 3.63) is 130 Å². The largest absolute Gasteiger partial charge is 0.480 e. The maximum absolute atomic E-state index is 13.5. The second-order valence-corrected chi connectivity index (χ2v) is 18.7. The number of nitrogens with zero attached hydrogens (tertiary/aromatic N) is 3. The fourth-order valence-electron chi connectivity index (χ4n) is 10.6. The minimum absolute atomic E-state index is 0. The molecule has 23 heteroatoms. The summed E-state index contributed by atoms with van der Waals surface area (Å²) in [7, 11) is 2.99. The number of imide groups is 2. The normalized spacial score (nSPS) is 23.3. The van der Waals surface area contributed by atoms with E-state index in [2.05, 4.69) is 26.6 Å². The predicted molar refractivity (Wildman–Crippen MR) is 275 cm³/mol. The van der Waals surface area contributed by atoms with E-state index in [0.29, 0.717) is 58.6 Å². The van der Waals surface area contributed by atoms with Crippen molar-refractivity contribution >= 4 is 59.3 Å². The molecule has 4 aromatic rings. The first-order valence-electron chi connectivity index (χ1n) is 24.3. The first-order chi connectivity index (χ1) is 35.9. The summed E-state index contributed by atoms with van der Waals surface area (Å²) in [5, 5.41) is 41.2. The molecular weight excluding hydrogens is 1010 g/mol. The summed E-state index contributed by atoms with van der Waals surface area (Å²) >= 11 is 0. The Balaban J connectivity index is 0.000000205. The number of carboxylic acid groups (broad SMARTS) is 1. The fraction of sp³-hybridized carbons (Fsp3) is 0.407. The number of aliphatic hydroxyl groups is 2. The zero-order chi connectivity index (χ0) is 53.8. The Morgan fingerprint density at radius 1 is 0.649 bits per heavy atom. The number of aryl methyl sites for hydroxylation is 2. The van der Waals surface area contributed by atoms with Gasteiger partial charge in [-0.15, -0.1) is 0 Å². The molecular formula is C54H64F2N8O13. The van der Waals surface area contributed by atoms with Crippen LogP contribution in [0.25, 0.3) is 0 Å². The molecule has 2 spiro atoms. The third-order valence-electron chi connectivity index (χ3n) is 14.3. The molecule has 0 saturated carbocycles. The number of fused-ring (bicyclic) bond motifs is 4. The van der Waals surface area contributed by atoms with Gasteiger partial charge in [0.1, 0.15) is 24.7 Å². The molecule has 21 nitrogen and oxygen atoms in total. The van der Waals surface area contributed by atoms with Crippen LogP contribution in [-0.4, -0.2) is 130 Å². The highest BCUT2D eigenvalue weighted by molar-refractivity contribution is 6.07. The standard InChI is InChI=1S/C26H27FN4O6.C15H15N3O6.C11H14FNO.2CH4/c1-28-24(35)29-18-6-8-20-16(12-18)10-11-26(20)23(34)30(25(36)37-26)13-22(33)31-19(14-32)7-9-21(31)15-2-4-17(27)5-3-15;1-16-13(22)17-9-2-3-10-8(6-9)4-5-15(10)12(21)18(7-11(19)20)14(23)24-15;12-9-3-1-8(2-4-9)11-6-5-10(7-14)13-11;;/h2-6,8,12,19,21,32H,7,9-11,13-14H2,1H3,(H2,28,29,35);2-3,6H,4-5,7H2,1H3,(H,19,20)(H2,16,17,22);1-4,10-11,13-14H,5-7H2;2*1H4/t19-,21?,26+;15-;10-,11?;;/m010../s1. The maximum atomic E-state index is 13.5. The Labute approximate surface area is 443 Å². The van der Waals surface area contributed by atoms with Crippen LogP contribution in [0.5, 0.6) is 0 Å². The third-order valence-corrected chi connectivity index (χ3v) is 14.3. The van der Waals surface area contributed by atoms with Crippen LogP contribution in [0, 0.1) is 11.6 Å². The topological polar surface area (TPSA) is 286 Å². The van der Waals surface area contributed by atoms with Gasteiger partial charge in [0.05, 0.1) is 25.3 Å². The van der Waals surface area contributed by atoms with Gasteiger partial charge < -0.3 is 56.3 Å². The van der Waals surface area contributed by atoms with Crippen LogP contribution in [0.2, 0.25) is 0 Å². The highest BCUT2D eigenvalue weighted by Crippen LogP contribution is 2.48. The van der Waals surface area contributed by atoms with E-state index in [1.807, 2.05) is 0 Å². The van der Waals surface area contributed by atoms with Crippen molar-refractivity contribution in [2.45, 2.75) is 102 Å². The number of carbonyl (C=O) groups excluding carboxylic acids is 7. The van der Waals surface area contributed by atoms with Gasteiger partial charge in [0.25, 0.3) is 11.8 Å². The molecule has 2 aliphatic carbocycles. The summed E-state index contributed by atoms with van der Waals surface area (Å²) in [6.07, 6.45) is 2.62. The number of aliphatic hydroxyl groups excluding tert-OH is 2. The number of ether oxygens (including phenoxy) is 2. The summed E-state index contributed by atoms with van der Waals surface area (Å²) in [6.45, 7) is -1.35. The molecule has 0 radical (unpaired) electrons. The molecule has 4 heterocycles. The Morgan fingerprint density at radius 2 is 1.13 bits per heavy atom. The lowest BCUT2D eigenvalue weighted by Crippen LogP contribution is -2.47. The number of anilines is 2. The molecule has 77 heavy (non-hydrogen) atoms. The van der Waals surface area contributed by atoms with Crippen molar-refractivity contribution in [2.75, 3.05) is 51.0 Å². The molecule has 2 unspecified atom stereocenters. The molecule has 0 bridgehead atoms. The third kappa shape index (κ3) is 11.9. The molecule has 10 rings (SSSR count). The lowest BCUT2D eigenvalue weighted by molar-refractivity contribution is -0.144.